The second kappa shape index (κ2) is 5.85. The first-order valence-corrected chi connectivity index (χ1v) is 9.24. The van der Waals surface area contributed by atoms with E-state index < -0.39 is 0 Å². The maximum Gasteiger partial charge on any atom is 0.0533 e. The van der Waals surface area contributed by atoms with Crippen molar-refractivity contribution in [3.63, 3.8) is 0 Å². The molecule has 5 heterocycles. The SMILES string of the molecule is Cc1ccc(/C=C/c2cccc3c4c([nH]c23)CN2CCC4CC2)cn1. The van der Waals surface area contributed by atoms with Gasteiger partial charge in [-0.1, -0.05) is 36.4 Å². The minimum atomic E-state index is 0.725. The van der Waals surface area contributed by atoms with Gasteiger partial charge in [0.05, 0.1) is 5.52 Å². The van der Waals surface area contributed by atoms with Crippen LogP contribution in [0.1, 0.15) is 46.8 Å². The molecule has 0 radical (unpaired) electrons. The summed E-state index contributed by atoms with van der Waals surface area (Å²) in [5.74, 6) is 0.725. The molecule has 3 aliphatic heterocycles. The second-order valence-corrected chi connectivity index (χ2v) is 7.40. The number of hydrogen-bond donors (Lipinski definition) is 1. The topological polar surface area (TPSA) is 31.9 Å². The number of H-pyrrole nitrogens is 1. The van der Waals surface area contributed by atoms with E-state index in [2.05, 4.69) is 57.4 Å². The van der Waals surface area contributed by atoms with E-state index in [0.717, 1.165) is 23.7 Å². The minimum Gasteiger partial charge on any atom is -0.357 e. The molecule has 0 amide bonds. The van der Waals surface area contributed by atoms with Crippen molar-refractivity contribution >= 4 is 23.1 Å². The van der Waals surface area contributed by atoms with Gasteiger partial charge in [-0.2, -0.15) is 0 Å². The molecular formula is C22H23N3. The average Bonchev–Trinajstić information content (AvgIpc) is 2.81. The lowest BCUT2D eigenvalue weighted by Gasteiger charge is -2.26. The number of nitrogens with zero attached hydrogens (tertiary/aromatic N) is 2. The Morgan fingerprint density at radius 3 is 2.80 bits per heavy atom. The normalized spacial score (nSPS) is 22.4. The quantitative estimate of drug-likeness (QED) is 0.737. The summed E-state index contributed by atoms with van der Waals surface area (Å²) in [7, 11) is 0. The van der Waals surface area contributed by atoms with Gasteiger partial charge in [-0.15, -0.1) is 0 Å². The van der Waals surface area contributed by atoms with E-state index in [-0.39, 0.29) is 0 Å². The molecule has 3 heteroatoms. The van der Waals surface area contributed by atoms with Crippen LogP contribution in [0.25, 0.3) is 23.1 Å². The number of benzene rings is 1. The lowest BCUT2D eigenvalue weighted by atomic mass is 9.89. The van der Waals surface area contributed by atoms with Crippen LogP contribution < -0.4 is 0 Å². The molecule has 0 unspecified atom stereocenters. The van der Waals surface area contributed by atoms with Crippen molar-refractivity contribution in [2.24, 2.45) is 0 Å². The zero-order valence-electron chi connectivity index (χ0n) is 14.6. The van der Waals surface area contributed by atoms with Gasteiger partial charge in [0.2, 0.25) is 0 Å². The molecule has 0 spiro atoms. The molecule has 1 aromatic carbocycles. The first-order valence-electron chi connectivity index (χ1n) is 9.24. The van der Waals surface area contributed by atoms with Gasteiger partial charge in [0.15, 0.2) is 0 Å². The Labute approximate surface area is 148 Å². The molecule has 2 aromatic heterocycles. The molecule has 0 atom stereocenters. The maximum atomic E-state index is 4.38. The molecule has 25 heavy (non-hydrogen) atoms. The van der Waals surface area contributed by atoms with E-state index in [9.17, 15) is 0 Å². The van der Waals surface area contributed by atoms with Gasteiger partial charge in [0, 0.05) is 29.5 Å². The van der Waals surface area contributed by atoms with Crippen LogP contribution in [-0.4, -0.2) is 28.0 Å². The molecule has 3 nitrogen and oxygen atoms in total. The first kappa shape index (κ1) is 14.9. The van der Waals surface area contributed by atoms with Crippen molar-refractivity contribution in [1.29, 1.82) is 0 Å². The third-order valence-electron chi connectivity index (χ3n) is 5.75. The van der Waals surface area contributed by atoms with E-state index in [1.807, 2.05) is 13.1 Å². The molecule has 1 saturated heterocycles. The summed E-state index contributed by atoms with van der Waals surface area (Å²) in [6.07, 6.45) is 8.90. The number of rotatable bonds is 2. The van der Waals surface area contributed by atoms with Crippen LogP contribution in [0.4, 0.5) is 0 Å². The Kier molecular flexibility index (Phi) is 3.49. The lowest BCUT2D eigenvalue weighted by Crippen LogP contribution is -2.29. The van der Waals surface area contributed by atoms with Gasteiger partial charge in [0.1, 0.15) is 0 Å². The van der Waals surface area contributed by atoms with E-state index in [4.69, 9.17) is 0 Å². The Morgan fingerprint density at radius 2 is 2.00 bits per heavy atom. The van der Waals surface area contributed by atoms with Crippen LogP contribution >= 0.6 is 0 Å². The highest BCUT2D eigenvalue weighted by Gasteiger charge is 2.30. The first-order chi connectivity index (χ1) is 12.3. The van der Waals surface area contributed by atoms with Crippen LogP contribution in [0.15, 0.2) is 36.5 Å². The summed E-state index contributed by atoms with van der Waals surface area (Å²) < 4.78 is 0. The second-order valence-electron chi connectivity index (χ2n) is 7.40. The number of hydrogen-bond acceptors (Lipinski definition) is 2. The van der Waals surface area contributed by atoms with Crippen molar-refractivity contribution in [2.45, 2.75) is 32.2 Å². The Hall–Kier alpha value is -2.39. The Morgan fingerprint density at radius 1 is 1.12 bits per heavy atom. The number of aromatic nitrogens is 2. The number of aryl methyl sites for hydroxylation is 1. The maximum absolute atomic E-state index is 4.38. The van der Waals surface area contributed by atoms with Crippen molar-refractivity contribution in [1.82, 2.24) is 14.9 Å². The lowest BCUT2D eigenvalue weighted by molar-refractivity contribution is 0.219. The van der Waals surface area contributed by atoms with Gasteiger partial charge in [-0.05, 0) is 61.5 Å². The van der Waals surface area contributed by atoms with Crippen molar-refractivity contribution < 1.29 is 0 Å². The molecule has 3 aromatic rings. The summed E-state index contributed by atoms with van der Waals surface area (Å²) in [6, 6.07) is 10.9. The summed E-state index contributed by atoms with van der Waals surface area (Å²) in [4.78, 5) is 10.7. The third kappa shape index (κ3) is 2.59. The fourth-order valence-corrected chi connectivity index (χ4v) is 4.41. The molecule has 1 N–H and O–H groups in total. The largest absolute Gasteiger partial charge is 0.357 e. The zero-order chi connectivity index (χ0) is 16.8. The van der Waals surface area contributed by atoms with Gasteiger partial charge in [-0.3, -0.25) is 9.88 Å². The molecule has 0 aliphatic carbocycles. The molecule has 2 bridgehead atoms. The smallest absolute Gasteiger partial charge is 0.0533 e. The predicted molar refractivity (Wildman–Crippen MR) is 103 cm³/mol. The standard InChI is InChI=1S/C22H23N3/c1-15-5-6-16(13-23-15)7-8-18-3-2-4-19-21-17-9-11-25(12-10-17)14-20(21)24-22(18)19/h2-8,13,17,24H,9-12,14H2,1H3/b8-7+. The Bertz CT molecular complexity index is 941. The van der Waals surface area contributed by atoms with Crippen LogP contribution in [0.2, 0.25) is 0 Å². The summed E-state index contributed by atoms with van der Waals surface area (Å²) in [6.45, 7) is 5.58. The number of piperidine rings is 1. The Balaban J connectivity index is 1.58. The number of pyridine rings is 1. The van der Waals surface area contributed by atoms with Crippen LogP contribution in [-0.2, 0) is 6.54 Å². The molecule has 3 aliphatic rings. The summed E-state index contributed by atoms with van der Waals surface area (Å²) in [5.41, 5.74) is 7.77. The van der Waals surface area contributed by atoms with Crippen LogP contribution in [0.3, 0.4) is 0 Å². The number of aromatic amines is 1. The van der Waals surface area contributed by atoms with Gasteiger partial charge >= 0.3 is 0 Å². The predicted octanol–water partition coefficient (Wildman–Crippen LogP) is 4.73. The van der Waals surface area contributed by atoms with Gasteiger partial charge in [0.25, 0.3) is 0 Å². The molecule has 0 saturated carbocycles. The van der Waals surface area contributed by atoms with Crippen molar-refractivity contribution in [2.75, 3.05) is 13.1 Å². The van der Waals surface area contributed by atoms with Crippen molar-refractivity contribution in [3.05, 3.63) is 64.6 Å². The zero-order valence-corrected chi connectivity index (χ0v) is 14.6. The summed E-state index contributed by atoms with van der Waals surface area (Å²) >= 11 is 0. The van der Waals surface area contributed by atoms with Crippen LogP contribution in [0.5, 0.6) is 0 Å². The van der Waals surface area contributed by atoms with E-state index in [1.165, 1.54) is 48.1 Å². The fraction of sp³-hybridized carbons (Fsp3) is 0.318. The van der Waals surface area contributed by atoms with Crippen LogP contribution in [0, 0.1) is 6.92 Å². The van der Waals surface area contributed by atoms with E-state index in [0.29, 0.717) is 0 Å². The highest BCUT2D eigenvalue weighted by molar-refractivity contribution is 5.94. The van der Waals surface area contributed by atoms with E-state index in [1.54, 1.807) is 5.56 Å². The highest BCUT2D eigenvalue weighted by Crippen LogP contribution is 2.40. The number of para-hydroxylation sites is 1. The molecule has 126 valence electrons. The summed E-state index contributed by atoms with van der Waals surface area (Å²) in [5, 5.41) is 1.42. The monoisotopic (exact) mass is 329 g/mol. The van der Waals surface area contributed by atoms with Gasteiger partial charge < -0.3 is 4.98 Å². The molecular weight excluding hydrogens is 306 g/mol. The minimum absolute atomic E-state index is 0.725. The molecule has 1 fully saturated rings. The van der Waals surface area contributed by atoms with Crippen molar-refractivity contribution in [3.8, 4) is 0 Å². The highest BCUT2D eigenvalue weighted by atomic mass is 15.1. The number of nitrogens with one attached hydrogen (secondary N) is 1. The average molecular weight is 329 g/mol. The number of fused-ring (bicyclic) bond motifs is 3. The fourth-order valence-electron chi connectivity index (χ4n) is 4.41. The van der Waals surface area contributed by atoms with E-state index >= 15 is 0 Å². The molecule has 6 rings (SSSR count). The third-order valence-corrected chi connectivity index (χ3v) is 5.75. The van der Waals surface area contributed by atoms with Gasteiger partial charge in [-0.25, -0.2) is 0 Å².